The van der Waals surface area contributed by atoms with E-state index in [2.05, 4.69) is 43.0 Å². The number of unbranched alkanes of at least 4 members (excludes halogenated alkanes) is 31. The molecule has 0 aromatic heterocycles. The molecule has 1 heterocycles. The number of hydrogen-bond donors (Lipinski definition) is 0. The van der Waals surface area contributed by atoms with Gasteiger partial charge in [-0.15, -0.1) is 0 Å². The predicted molar refractivity (Wildman–Crippen MR) is 205 cm³/mol. The summed E-state index contributed by atoms with van der Waals surface area (Å²) < 4.78 is 0. The minimum Gasteiger partial charge on any atom is -0.356 e. The van der Waals surface area contributed by atoms with Crippen molar-refractivity contribution >= 4 is 0 Å². The summed E-state index contributed by atoms with van der Waals surface area (Å²) in [5, 5.41) is 0. The summed E-state index contributed by atoms with van der Waals surface area (Å²) in [7, 11) is 0. The lowest BCUT2D eigenvalue weighted by molar-refractivity contribution is 0.135. The lowest BCUT2D eigenvalue weighted by Crippen LogP contribution is -2.39. The van der Waals surface area contributed by atoms with E-state index in [0.717, 1.165) is 0 Å². The zero-order valence-corrected chi connectivity index (χ0v) is 31.8. The van der Waals surface area contributed by atoms with Crippen LogP contribution in [0.4, 0.5) is 0 Å². The van der Waals surface area contributed by atoms with Gasteiger partial charge in [-0.25, -0.2) is 0 Å². The summed E-state index contributed by atoms with van der Waals surface area (Å²) >= 11 is 0. The first kappa shape index (κ1) is 42.4. The fraction of sp³-hybridized carbons (Fsp3) is 0.953. The van der Waals surface area contributed by atoms with E-state index in [4.69, 9.17) is 0 Å². The molecule has 268 valence electrons. The van der Waals surface area contributed by atoms with Gasteiger partial charge in [0.1, 0.15) is 6.17 Å². The first-order valence-electron chi connectivity index (χ1n) is 21.5. The third-order valence-electron chi connectivity index (χ3n) is 10.6. The molecule has 0 saturated heterocycles. The summed E-state index contributed by atoms with van der Waals surface area (Å²) in [5.41, 5.74) is 0. The lowest BCUT2D eigenvalue weighted by atomic mass is 10.0. The Morgan fingerprint density at radius 1 is 0.289 bits per heavy atom. The maximum absolute atomic E-state index is 2.71. The molecule has 0 fully saturated rings. The molecule has 0 aromatic rings. The van der Waals surface area contributed by atoms with Gasteiger partial charge >= 0.3 is 0 Å². The lowest BCUT2D eigenvalue weighted by Gasteiger charge is -2.33. The molecule has 0 radical (unpaired) electrons. The van der Waals surface area contributed by atoms with Crippen molar-refractivity contribution in [2.45, 2.75) is 252 Å². The normalized spacial score (nSPS) is 14.8. The summed E-state index contributed by atoms with van der Waals surface area (Å²) in [4.78, 5) is 5.43. The van der Waals surface area contributed by atoms with Gasteiger partial charge in [0.2, 0.25) is 0 Å². The summed E-state index contributed by atoms with van der Waals surface area (Å²) in [6, 6.07) is 0. The van der Waals surface area contributed by atoms with Crippen LogP contribution in [0.2, 0.25) is 0 Å². The van der Waals surface area contributed by atoms with Gasteiger partial charge < -0.3 is 9.80 Å². The van der Waals surface area contributed by atoms with Crippen LogP contribution >= 0.6 is 0 Å². The van der Waals surface area contributed by atoms with E-state index < -0.39 is 0 Å². The topological polar surface area (TPSA) is 6.48 Å². The van der Waals surface area contributed by atoms with Crippen molar-refractivity contribution in [1.29, 1.82) is 0 Å². The Morgan fingerprint density at radius 3 is 0.778 bits per heavy atom. The van der Waals surface area contributed by atoms with Gasteiger partial charge in [0.05, 0.1) is 0 Å². The molecule has 0 aromatic carbocycles. The smallest absolute Gasteiger partial charge is 0.101 e. The van der Waals surface area contributed by atoms with E-state index in [1.807, 2.05) is 0 Å². The van der Waals surface area contributed by atoms with E-state index >= 15 is 0 Å². The van der Waals surface area contributed by atoms with Crippen LogP contribution < -0.4 is 0 Å². The predicted octanol–water partition coefficient (Wildman–Crippen LogP) is 15.1. The van der Waals surface area contributed by atoms with Gasteiger partial charge in [-0.2, -0.15) is 0 Å². The average Bonchev–Trinajstić information content (AvgIpc) is 3.43. The third-order valence-corrected chi connectivity index (χ3v) is 10.6. The van der Waals surface area contributed by atoms with E-state index in [9.17, 15) is 0 Å². The first-order chi connectivity index (χ1) is 22.3. The SMILES string of the molecule is CCCCCCCCCCCCCCCCCN1C=CN(CCCCCCCCCCCCCCCC)C1CCCCCCC. The summed E-state index contributed by atoms with van der Waals surface area (Å²) in [6.07, 6.45) is 55.9. The molecule has 0 aliphatic carbocycles. The Labute approximate surface area is 286 Å². The van der Waals surface area contributed by atoms with Crippen LogP contribution in [-0.2, 0) is 0 Å². The first-order valence-corrected chi connectivity index (χ1v) is 21.5. The van der Waals surface area contributed by atoms with E-state index in [1.165, 1.54) is 238 Å². The molecule has 1 unspecified atom stereocenters. The quantitative estimate of drug-likeness (QED) is 0.0630. The van der Waals surface area contributed by atoms with Gasteiger partial charge in [0.25, 0.3) is 0 Å². The fourth-order valence-corrected chi connectivity index (χ4v) is 7.42. The van der Waals surface area contributed by atoms with Crippen LogP contribution in [-0.4, -0.2) is 29.1 Å². The molecule has 0 saturated carbocycles. The van der Waals surface area contributed by atoms with Crippen molar-refractivity contribution in [1.82, 2.24) is 9.80 Å². The Bertz CT molecular complexity index is 586. The molecule has 2 heteroatoms. The molecule has 1 rings (SSSR count). The molecule has 0 bridgehead atoms. The summed E-state index contributed by atoms with van der Waals surface area (Å²) in [6.45, 7) is 9.49. The van der Waals surface area contributed by atoms with Gasteiger partial charge in [-0.1, -0.05) is 220 Å². The van der Waals surface area contributed by atoms with Crippen molar-refractivity contribution < 1.29 is 0 Å². The molecule has 2 nitrogen and oxygen atoms in total. The fourth-order valence-electron chi connectivity index (χ4n) is 7.42. The third kappa shape index (κ3) is 27.0. The second-order valence-electron chi connectivity index (χ2n) is 15.0. The Balaban J connectivity index is 2.09. The van der Waals surface area contributed by atoms with Crippen LogP contribution in [0.1, 0.15) is 245 Å². The highest BCUT2D eigenvalue weighted by atomic mass is 15.4. The van der Waals surface area contributed by atoms with Crippen molar-refractivity contribution in [3.8, 4) is 0 Å². The average molecular weight is 631 g/mol. The minimum atomic E-state index is 0.639. The molecule has 1 aliphatic rings. The van der Waals surface area contributed by atoms with Gasteiger partial charge in [0.15, 0.2) is 0 Å². The zero-order valence-electron chi connectivity index (χ0n) is 31.8. The molecule has 1 aliphatic heterocycles. The Hall–Kier alpha value is -0.660. The highest BCUT2D eigenvalue weighted by Crippen LogP contribution is 2.24. The van der Waals surface area contributed by atoms with Crippen LogP contribution in [0.25, 0.3) is 0 Å². The molecule has 0 spiro atoms. The van der Waals surface area contributed by atoms with E-state index in [0.29, 0.717) is 6.17 Å². The standard InChI is InChI=1S/C43H86N2/c1-4-7-10-13-15-17-19-21-23-25-27-29-31-34-37-40-45-42-41-44(43(45)38-35-32-12-9-6-3)39-36-33-30-28-26-24-22-20-18-16-14-11-8-5-2/h41-43H,4-40H2,1-3H3. The van der Waals surface area contributed by atoms with Crippen molar-refractivity contribution in [3.05, 3.63) is 12.4 Å². The Kier molecular flexibility index (Phi) is 32.6. The molecular formula is C43H86N2. The van der Waals surface area contributed by atoms with Crippen LogP contribution in [0.5, 0.6) is 0 Å². The molecule has 1 atom stereocenters. The number of nitrogens with zero attached hydrogens (tertiary/aromatic N) is 2. The van der Waals surface area contributed by atoms with E-state index in [-0.39, 0.29) is 0 Å². The molecular weight excluding hydrogens is 544 g/mol. The largest absolute Gasteiger partial charge is 0.356 e. The summed E-state index contributed by atoms with van der Waals surface area (Å²) in [5.74, 6) is 0. The zero-order chi connectivity index (χ0) is 32.3. The molecule has 0 amide bonds. The number of rotatable bonds is 37. The molecule has 0 N–H and O–H groups in total. The van der Waals surface area contributed by atoms with Crippen molar-refractivity contribution in [2.24, 2.45) is 0 Å². The second-order valence-corrected chi connectivity index (χ2v) is 15.0. The second kappa shape index (κ2) is 34.7. The van der Waals surface area contributed by atoms with Crippen molar-refractivity contribution in [3.63, 3.8) is 0 Å². The van der Waals surface area contributed by atoms with Crippen LogP contribution in [0.15, 0.2) is 12.4 Å². The van der Waals surface area contributed by atoms with E-state index in [1.54, 1.807) is 0 Å². The van der Waals surface area contributed by atoms with Gasteiger partial charge in [-0.3, -0.25) is 0 Å². The van der Waals surface area contributed by atoms with Crippen molar-refractivity contribution in [2.75, 3.05) is 13.1 Å². The Morgan fingerprint density at radius 2 is 0.511 bits per heavy atom. The molecule has 45 heavy (non-hydrogen) atoms. The maximum atomic E-state index is 2.71. The van der Waals surface area contributed by atoms with Crippen LogP contribution in [0.3, 0.4) is 0 Å². The minimum absolute atomic E-state index is 0.639. The van der Waals surface area contributed by atoms with Gasteiger partial charge in [0, 0.05) is 25.5 Å². The van der Waals surface area contributed by atoms with Crippen LogP contribution in [0, 0.1) is 0 Å². The highest BCUT2D eigenvalue weighted by Gasteiger charge is 2.24. The monoisotopic (exact) mass is 631 g/mol. The maximum Gasteiger partial charge on any atom is 0.101 e. The number of hydrogen-bond acceptors (Lipinski definition) is 2. The highest BCUT2D eigenvalue weighted by molar-refractivity contribution is 4.97. The van der Waals surface area contributed by atoms with Gasteiger partial charge in [-0.05, 0) is 25.7 Å².